The van der Waals surface area contributed by atoms with Gasteiger partial charge < -0.3 is 14.6 Å². The smallest absolute Gasteiger partial charge is 0.399 e. The summed E-state index contributed by atoms with van der Waals surface area (Å²) in [6.45, 7) is 8.08. The summed E-state index contributed by atoms with van der Waals surface area (Å²) in [7, 11) is -0.485. The molecule has 1 heterocycles. The van der Waals surface area contributed by atoms with E-state index in [1.807, 2.05) is 76.2 Å². The molecule has 0 aliphatic carbocycles. The maximum atomic E-state index is 12.6. The summed E-state index contributed by atoms with van der Waals surface area (Å²) in [6, 6.07) is 15.0. The van der Waals surface area contributed by atoms with E-state index in [1.54, 1.807) is 0 Å². The van der Waals surface area contributed by atoms with Gasteiger partial charge in [0.1, 0.15) is 0 Å². The molecule has 2 aromatic rings. The Morgan fingerprint density at radius 3 is 2.20 bits per heavy atom. The van der Waals surface area contributed by atoms with Gasteiger partial charge in [0, 0.05) is 14.8 Å². The lowest BCUT2D eigenvalue weighted by atomic mass is 9.78. The molecule has 0 atom stereocenters. The van der Waals surface area contributed by atoms with Crippen LogP contribution in [0.5, 0.6) is 0 Å². The number of para-hydroxylation sites is 1. The van der Waals surface area contributed by atoms with Crippen molar-refractivity contribution in [3.8, 4) is 0 Å². The molecule has 1 aliphatic heterocycles. The minimum Gasteiger partial charge on any atom is -0.399 e. The van der Waals surface area contributed by atoms with Gasteiger partial charge in [0.2, 0.25) is 0 Å². The third kappa shape index (κ3) is 3.76. The predicted octanol–water partition coefficient (Wildman–Crippen LogP) is 3.84. The number of anilines is 1. The zero-order valence-electron chi connectivity index (χ0n) is 14.8. The van der Waals surface area contributed by atoms with E-state index in [0.717, 1.165) is 14.7 Å². The van der Waals surface area contributed by atoms with Crippen LogP contribution in [0.4, 0.5) is 5.69 Å². The van der Waals surface area contributed by atoms with Crippen LogP contribution in [-0.4, -0.2) is 24.2 Å². The van der Waals surface area contributed by atoms with E-state index in [0.29, 0.717) is 5.56 Å². The molecule has 3 rings (SSSR count). The van der Waals surface area contributed by atoms with Crippen molar-refractivity contribution in [1.82, 2.24) is 0 Å². The quantitative estimate of drug-likeness (QED) is 0.573. The van der Waals surface area contributed by atoms with Gasteiger partial charge in [0.25, 0.3) is 5.91 Å². The van der Waals surface area contributed by atoms with Gasteiger partial charge >= 0.3 is 7.12 Å². The number of carbonyl (C=O) groups excluding carboxylic acids is 1. The number of halogens is 1. The highest BCUT2D eigenvalue weighted by Crippen LogP contribution is 2.36. The van der Waals surface area contributed by atoms with Gasteiger partial charge in [-0.3, -0.25) is 4.79 Å². The van der Waals surface area contributed by atoms with Gasteiger partial charge in [-0.15, -0.1) is 0 Å². The Labute approximate surface area is 162 Å². The van der Waals surface area contributed by atoms with Crippen LogP contribution in [-0.2, 0) is 9.31 Å². The average molecular weight is 449 g/mol. The molecule has 0 unspecified atom stereocenters. The van der Waals surface area contributed by atoms with Crippen molar-refractivity contribution in [1.29, 1.82) is 0 Å². The Bertz CT molecular complexity index is 777. The third-order valence-corrected chi connectivity index (χ3v) is 5.78. The Balaban J connectivity index is 1.85. The largest absolute Gasteiger partial charge is 0.495 e. The molecule has 2 aromatic carbocycles. The van der Waals surface area contributed by atoms with Gasteiger partial charge in [-0.05, 0) is 86.1 Å². The molecule has 1 amide bonds. The van der Waals surface area contributed by atoms with Crippen LogP contribution in [0.3, 0.4) is 0 Å². The fourth-order valence-corrected chi connectivity index (χ4v) is 3.15. The monoisotopic (exact) mass is 449 g/mol. The highest BCUT2D eigenvalue weighted by atomic mass is 127. The molecule has 0 aromatic heterocycles. The lowest BCUT2D eigenvalue weighted by Gasteiger charge is -2.32. The normalized spacial score (nSPS) is 18.2. The number of hydrogen-bond acceptors (Lipinski definition) is 3. The topological polar surface area (TPSA) is 47.6 Å². The third-order valence-electron chi connectivity index (χ3n) is 4.80. The minimum atomic E-state index is -0.485. The fourth-order valence-electron chi connectivity index (χ4n) is 2.56. The van der Waals surface area contributed by atoms with Crippen LogP contribution in [0, 0.1) is 3.57 Å². The molecule has 0 radical (unpaired) electrons. The van der Waals surface area contributed by atoms with Crippen LogP contribution in [0.25, 0.3) is 0 Å². The Kier molecular flexibility index (Phi) is 4.96. The number of hydrogen-bond donors (Lipinski definition) is 1. The lowest BCUT2D eigenvalue weighted by Crippen LogP contribution is -2.41. The maximum absolute atomic E-state index is 12.6. The number of rotatable bonds is 3. The summed E-state index contributed by atoms with van der Waals surface area (Å²) < 4.78 is 13.3. The molecule has 0 bridgehead atoms. The zero-order chi connectivity index (χ0) is 18.2. The first-order chi connectivity index (χ1) is 11.7. The molecular weight excluding hydrogens is 428 g/mol. The van der Waals surface area contributed by atoms with Crippen molar-refractivity contribution in [3.63, 3.8) is 0 Å². The highest BCUT2D eigenvalue weighted by molar-refractivity contribution is 14.1. The van der Waals surface area contributed by atoms with E-state index >= 15 is 0 Å². The van der Waals surface area contributed by atoms with Crippen LogP contribution in [0.1, 0.15) is 38.1 Å². The highest BCUT2D eigenvalue weighted by Gasteiger charge is 2.52. The van der Waals surface area contributed by atoms with Crippen molar-refractivity contribution >= 4 is 46.8 Å². The summed E-state index contributed by atoms with van der Waals surface area (Å²) in [5.74, 6) is -0.152. The maximum Gasteiger partial charge on any atom is 0.495 e. The van der Waals surface area contributed by atoms with Crippen molar-refractivity contribution in [2.24, 2.45) is 0 Å². The molecule has 130 valence electrons. The molecule has 0 spiro atoms. The van der Waals surface area contributed by atoms with Crippen LogP contribution < -0.4 is 10.8 Å². The average Bonchev–Trinajstić information content (AvgIpc) is 2.76. The second kappa shape index (κ2) is 6.74. The summed E-state index contributed by atoms with van der Waals surface area (Å²) in [5.41, 5.74) is 1.39. The summed E-state index contributed by atoms with van der Waals surface area (Å²) in [4.78, 5) is 12.6. The van der Waals surface area contributed by atoms with Crippen molar-refractivity contribution < 1.29 is 14.1 Å². The number of nitrogens with one attached hydrogen (secondary N) is 1. The Hall–Kier alpha value is -1.38. The van der Waals surface area contributed by atoms with Gasteiger partial charge in [0.15, 0.2) is 0 Å². The van der Waals surface area contributed by atoms with Crippen LogP contribution >= 0.6 is 22.6 Å². The molecule has 1 aliphatic rings. The predicted molar refractivity (Wildman–Crippen MR) is 109 cm³/mol. The summed E-state index contributed by atoms with van der Waals surface area (Å²) in [5, 5.41) is 2.90. The molecule has 0 saturated carbocycles. The van der Waals surface area contributed by atoms with E-state index in [9.17, 15) is 4.79 Å². The minimum absolute atomic E-state index is 0.152. The van der Waals surface area contributed by atoms with Crippen LogP contribution in [0.2, 0.25) is 0 Å². The second-order valence-electron chi connectivity index (χ2n) is 7.14. The van der Waals surface area contributed by atoms with Gasteiger partial charge in [-0.2, -0.15) is 0 Å². The first-order valence-corrected chi connectivity index (χ1v) is 9.29. The molecule has 25 heavy (non-hydrogen) atoms. The van der Waals surface area contributed by atoms with Crippen molar-refractivity contribution in [2.75, 3.05) is 5.32 Å². The summed E-state index contributed by atoms with van der Waals surface area (Å²) in [6.07, 6.45) is 0. The molecule has 4 nitrogen and oxygen atoms in total. The first-order valence-electron chi connectivity index (χ1n) is 8.21. The van der Waals surface area contributed by atoms with Gasteiger partial charge in [-0.25, -0.2) is 0 Å². The van der Waals surface area contributed by atoms with Crippen molar-refractivity contribution in [3.05, 3.63) is 57.7 Å². The SMILES string of the molecule is CC1(C)OB(c2cc(C(=O)Nc3ccccc3)ccc2I)OC1(C)C. The van der Waals surface area contributed by atoms with Crippen LogP contribution in [0.15, 0.2) is 48.5 Å². The van der Waals surface area contributed by atoms with E-state index in [4.69, 9.17) is 9.31 Å². The van der Waals surface area contributed by atoms with Crippen molar-refractivity contribution in [2.45, 2.75) is 38.9 Å². The second-order valence-corrected chi connectivity index (χ2v) is 8.31. The molecule has 1 saturated heterocycles. The van der Waals surface area contributed by atoms with E-state index in [2.05, 4.69) is 27.9 Å². The zero-order valence-corrected chi connectivity index (χ0v) is 17.0. The molecule has 6 heteroatoms. The van der Waals surface area contributed by atoms with E-state index in [-0.39, 0.29) is 5.91 Å². The molecule has 1 fully saturated rings. The standard InChI is InChI=1S/C19H21BINO3/c1-18(2)19(3,4)25-20(24-18)15-12-13(10-11-16(15)21)17(23)22-14-8-6-5-7-9-14/h5-12H,1-4H3,(H,22,23). The number of amides is 1. The van der Waals surface area contributed by atoms with Gasteiger partial charge in [-0.1, -0.05) is 18.2 Å². The molecular formula is C19H21BINO3. The summed E-state index contributed by atoms with van der Waals surface area (Å²) >= 11 is 2.25. The molecule has 1 N–H and O–H groups in total. The van der Waals surface area contributed by atoms with E-state index < -0.39 is 18.3 Å². The number of benzene rings is 2. The van der Waals surface area contributed by atoms with Gasteiger partial charge in [0.05, 0.1) is 11.2 Å². The first kappa shape index (κ1) is 18.4. The Morgan fingerprint density at radius 2 is 1.60 bits per heavy atom. The fraction of sp³-hybridized carbons (Fsp3) is 0.316. The van der Waals surface area contributed by atoms with E-state index in [1.165, 1.54) is 0 Å². The Morgan fingerprint density at radius 1 is 1.00 bits per heavy atom. The number of carbonyl (C=O) groups is 1. The lowest BCUT2D eigenvalue weighted by molar-refractivity contribution is 0.00578.